The molecule has 0 aliphatic heterocycles. The Hall–Kier alpha value is -2.04. The number of nitrogens with zero attached hydrogens (tertiary/aromatic N) is 2. The van der Waals surface area contributed by atoms with Crippen molar-refractivity contribution >= 4 is 17.4 Å². The molecule has 2 amide bonds. The Labute approximate surface area is 94.9 Å². The van der Waals surface area contributed by atoms with Gasteiger partial charge in [0.15, 0.2) is 0 Å². The number of urea groups is 1. The lowest BCUT2D eigenvalue weighted by Crippen LogP contribution is -2.25. The van der Waals surface area contributed by atoms with Gasteiger partial charge in [0.1, 0.15) is 0 Å². The molecule has 0 saturated heterocycles. The van der Waals surface area contributed by atoms with E-state index < -0.39 is 6.03 Å². The molecule has 0 radical (unpaired) electrons. The molecule has 1 aromatic rings. The highest BCUT2D eigenvalue weighted by Gasteiger charge is 1.99. The van der Waals surface area contributed by atoms with Crippen molar-refractivity contribution < 1.29 is 4.79 Å². The van der Waals surface area contributed by atoms with Gasteiger partial charge in [0, 0.05) is 19.8 Å². The lowest BCUT2D eigenvalue weighted by Gasteiger charge is -2.12. The molecule has 5 nitrogen and oxygen atoms in total. The average Bonchev–Trinajstić information content (AvgIpc) is 2.26. The molecular weight excluding hydrogens is 204 g/mol. The average molecular weight is 220 g/mol. The molecule has 86 valence electrons. The van der Waals surface area contributed by atoms with Crippen LogP contribution < -0.4 is 16.1 Å². The van der Waals surface area contributed by atoms with Crippen molar-refractivity contribution in [1.29, 1.82) is 0 Å². The smallest absolute Gasteiger partial charge is 0.332 e. The fourth-order valence-corrected chi connectivity index (χ4v) is 1.20. The zero-order valence-corrected chi connectivity index (χ0v) is 9.69. The van der Waals surface area contributed by atoms with E-state index in [-0.39, 0.29) is 0 Å². The molecule has 0 unspecified atom stereocenters. The van der Waals surface area contributed by atoms with Crippen molar-refractivity contribution in [3.05, 3.63) is 29.8 Å². The van der Waals surface area contributed by atoms with E-state index in [9.17, 15) is 4.79 Å². The second kappa shape index (κ2) is 5.16. The summed E-state index contributed by atoms with van der Waals surface area (Å²) in [5.74, 6) is 0. The first-order valence-corrected chi connectivity index (χ1v) is 4.88. The summed E-state index contributed by atoms with van der Waals surface area (Å²) in [4.78, 5) is 12.5. The van der Waals surface area contributed by atoms with Crippen molar-refractivity contribution in [2.75, 3.05) is 19.0 Å². The van der Waals surface area contributed by atoms with Crippen molar-refractivity contribution in [2.45, 2.75) is 6.92 Å². The second-order valence-electron chi connectivity index (χ2n) is 3.61. The number of rotatable bonds is 3. The number of benzene rings is 1. The molecule has 0 saturated carbocycles. The molecule has 0 atom stereocenters. The summed E-state index contributed by atoms with van der Waals surface area (Å²) in [5, 5.41) is 3.85. The van der Waals surface area contributed by atoms with Gasteiger partial charge in [-0.3, -0.25) is 0 Å². The van der Waals surface area contributed by atoms with E-state index in [2.05, 4.69) is 10.5 Å². The summed E-state index contributed by atoms with van der Waals surface area (Å²) in [6.45, 7) is 1.81. The van der Waals surface area contributed by atoms with Crippen LogP contribution in [0.1, 0.15) is 12.5 Å². The predicted octanol–water partition coefficient (Wildman–Crippen LogP) is 1.14. The lowest BCUT2D eigenvalue weighted by molar-refractivity contribution is 0.249. The van der Waals surface area contributed by atoms with Gasteiger partial charge in [0.25, 0.3) is 0 Å². The maximum Gasteiger partial charge on any atom is 0.332 e. The Morgan fingerprint density at radius 1 is 1.31 bits per heavy atom. The number of carbonyl (C=O) groups is 1. The normalized spacial score (nSPS) is 11.1. The predicted molar refractivity (Wildman–Crippen MR) is 65.7 cm³/mol. The van der Waals surface area contributed by atoms with Gasteiger partial charge in [0.05, 0.1) is 5.71 Å². The zero-order chi connectivity index (χ0) is 12.1. The number of amides is 2. The third-order valence-electron chi connectivity index (χ3n) is 2.14. The van der Waals surface area contributed by atoms with Crippen LogP contribution in [0.15, 0.2) is 29.4 Å². The third-order valence-corrected chi connectivity index (χ3v) is 2.14. The maximum atomic E-state index is 10.5. The molecule has 0 aliphatic rings. The quantitative estimate of drug-likeness (QED) is 0.592. The van der Waals surface area contributed by atoms with Gasteiger partial charge in [0.2, 0.25) is 0 Å². The molecule has 0 aliphatic carbocycles. The van der Waals surface area contributed by atoms with Gasteiger partial charge >= 0.3 is 6.03 Å². The van der Waals surface area contributed by atoms with Crippen LogP contribution in [0.25, 0.3) is 0 Å². The Bertz CT molecular complexity index is 395. The number of carbonyl (C=O) groups excluding carboxylic acids is 1. The summed E-state index contributed by atoms with van der Waals surface area (Å²) >= 11 is 0. The molecule has 0 bridgehead atoms. The Morgan fingerprint density at radius 2 is 1.88 bits per heavy atom. The van der Waals surface area contributed by atoms with E-state index in [0.29, 0.717) is 5.71 Å². The summed E-state index contributed by atoms with van der Waals surface area (Å²) < 4.78 is 0. The van der Waals surface area contributed by atoms with E-state index in [1.807, 2.05) is 43.3 Å². The van der Waals surface area contributed by atoms with Crippen molar-refractivity contribution in [2.24, 2.45) is 10.8 Å². The van der Waals surface area contributed by atoms with Gasteiger partial charge in [-0.15, -0.1) is 0 Å². The van der Waals surface area contributed by atoms with E-state index >= 15 is 0 Å². The molecule has 0 spiro atoms. The molecule has 1 aromatic carbocycles. The van der Waals surface area contributed by atoms with Crippen LogP contribution in [0.4, 0.5) is 10.5 Å². The van der Waals surface area contributed by atoms with E-state index in [1.165, 1.54) is 0 Å². The number of hydrogen-bond donors (Lipinski definition) is 2. The van der Waals surface area contributed by atoms with E-state index in [4.69, 9.17) is 5.73 Å². The van der Waals surface area contributed by atoms with Crippen LogP contribution in [0.5, 0.6) is 0 Å². The Morgan fingerprint density at radius 3 is 2.31 bits per heavy atom. The zero-order valence-electron chi connectivity index (χ0n) is 9.69. The highest BCUT2D eigenvalue weighted by Crippen LogP contribution is 2.12. The first-order valence-electron chi connectivity index (χ1n) is 4.88. The fraction of sp³-hybridized carbons (Fsp3) is 0.273. The minimum atomic E-state index is -0.663. The van der Waals surface area contributed by atoms with Gasteiger partial charge in [-0.1, -0.05) is 12.1 Å². The minimum absolute atomic E-state index is 0.663. The molecule has 0 aromatic heterocycles. The second-order valence-corrected chi connectivity index (χ2v) is 3.61. The molecule has 0 fully saturated rings. The number of hydrazone groups is 1. The molecule has 5 heteroatoms. The summed E-state index contributed by atoms with van der Waals surface area (Å²) in [5.41, 5.74) is 9.88. The monoisotopic (exact) mass is 220 g/mol. The van der Waals surface area contributed by atoms with Crippen LogP contribution in [-0.2, 0) is 0 Å². The standard InChI is InChI=1S/C11H16N4O/c1-8(13-14-11(12)16)9-4-6-10(7-5-9)15(2)3/h4-7H,1-3H3,(H3,12,14,16). The summed E-state index contributed by atoms with van der Waals surface area (Å²) in [7, 11) is 3.95. The molecule has 1 rings (SSSR count). The summed E-state index contributed by atoms with van der Waals surface area (Å²) in [6.07, 6.45) is 0. The SMILES string of the molecule is CC(=NNC(N)=O)c1ccc(N(C)C)cc1. The van der Waals surface area contributed by atoms with Gasteiger partial charge in [-0.05, 0) is 24.6 Å². The molecule has 0 heterocycles. The highest BCUT2D eigenvalue weighted by atomic mass is 16.2. The van der Waals surface area contributed by atoms with Gasteiger partial charge in [-0.25, -0.2) is 10.2 Å². The third kappa shape index (κ3) is 3.27. The minimum Gasteiger partial charge on any atom is -0.378 e. The highest BCUT2D eigenvalue weighted by molar-refractivity contribution is 5.99. The first-order chi connectivity index (χ1) is 7.50. The number of nitrogens with two attached hydrogens (primary N) is 1. The number of primary amides is 1. The van der Waals surface area contributed by atoms with Gasteiger partial charge in [-0.2, -0.15) is 5.10 Å². The van der Waals surface area contributed by atoms with Crippen LogP contribution in [0.3, 0.4) is 0 Å². The number of anilines is 1. The largest absolute Gasteiger partial charge is 0.378 e. The maximum absolute atomic E-state index is 10.5. The van der Waals surface area contributed by atoms with Gasteiger partial charge < -0.3 is 10.6 Å². The summed E-state index contributed by atoms with van der Waals surface area (Å²) in [6, 6.07) is 7.19. The molecule has 16 heavy (non-hydrogen) atoms. The lowest BCUT2D eigenvalue weighted by atomic mass is 10.1. The van der Waals surface area contributed by atoms with E-state index in [0.717, 1.165) is 11.3 Å². The van der Waals surface area contributed by atoms with E-state index in [1.54, 1.807) is 6.92 Å². The van der Waals surface area contributed by atoms with Crippen molar-refractivity contribution in [3.63, 3.8) is 0 Å². The first kappa shape index (κ1) is 12.0. The van der Waals surface area contributed by atoms with Crippen LogP contribution >= 0.6 is 0 Å². The molecule has 3 N–H and O–H groups in total. The number of nitrogens with one attached hydrogen (secondary N) is 1. The van der Waals surface area contributed by atoms with Crippen LogP contribution in [0.2, 0.25) is 0 Å². The van der Waals surface area contributed by atoms with Crippen molar-refractivity contribution in [1.82, 2.24) is 5.43 Å². The Kier molecular flexibility index (Phi) is 3.88. The topological polar surface area (TPSA) is 70.7 Å². The van der Waals surface area contributed by atoms with Crippen LogP contribution in [-0.4, -0.2) is 25.8 Å². The molecular formula is C11H16N4O. The fourth-order valence-electron chi connectivity index (χ4n) is 1.20. The van der Waals surface area contributed by atoms with Crippen LogP contribution in [0, 0.1) is 0 Å². The number of hydrogen-bond acceptors (Lipinski definition) is 3. The Balaban J connectivity index is 2.81. The van der Waals surface area contributed by atoms with Crippen molar-refractivity contribution in [3.8, 4) is 0 Å².